The lowest BCUT2D eigenvalue weighted by atomic mass is 10.2. The van der Waals surface area contributed by atoms with Gasteiger partial charge in [-0.25, -0.2) is 0 Å². The van der Waals surface area contributed by atoms with Gasteiger partial charge < -0.3 is 19.7 Å². The third kappa shape index (κ3) is 4.53. The van der Waals surface area contributed by atoms with Crippen LogP contribution in [-0.4, -0.2) is 37.6 Å². The molecule has 1 aliphatic rings. The van der Waals surface area contributed by atoms with Crippen molar-refractivity contribution < 1.29 is 19.1 Å². The van der Waals surface area contributed by atoms with Gasteiger partial charge in [-0.15, -0.1) is 0 Å². The summed E-state index contributed by atoms with van der Waals surface area (Å²) >= 11 is 0. The van der Waals surface area contributed by atoms with Gasteiger partial charge in [-0.2, -0.15) is 0 Å². The second kappa shape index (κ2) is 8.38. The Morgan fingerprint density at radius 3 is 2.38 bits per heavy atom. The van der Waals surface area contributed by atoms with Crippen molar-refractivity contribution >= 4 is 17.5 Å². The average molecular weight is 354 g/mol. The Morgan fingerprint density at radius 2 is 1.73 bits per heavy atom. The second-order valence-corrected chi connectivity index (χ2v) is 6.00. The van der Waals surface area contributed by atoms with Gasteiger partial charge in [0.2, 0.25) is 5.91 Å². The van der Waals surface area contributed by atoms with Crippen LogP contribution in [0.1, 0.15) is 13.3 Å². The van der Waals surface area contributed by atoms with Crippen LogP contribution in [0, 0.1) is 0 Å². The van der Waals surface area contributed by atoms with Gasteiger partial charge in [0.25, 0.3) is 5.91 Å². The van der Waals surface area contributed by atoms with Crippen LogP contribution in [0.2, 0.25) is 0 Å². The predicted molar refractivity (Wildman–Crippen MR) is 98.4 cm³/mol. The van der Waals surface area contributed by atoms with Crippen LogP contribution >= 0.6 is 0 Å². The summed E-state index contributed by atoms with van der Waals surface area (Å²) in [6, 6.07) is 16.4. The van der Waals surface area contributed by atoms with Crippen LogP contribution in [0.4, 0.5) is 5.69 Å². The largest absolute Gasteiger partial charge is 0.494 e. The van der Waals surface area contributed by atoms with E-state index >= 15 is 0 Å². The Bertz CT molecular complexity index is 746. The first kappa shape index (κ1) is 17.8. The van der Waals surface area contributed by atoms with Crippen molar-refractivity contribution in [3.05, 3.63) is 54.6 Å². The van der Waals surface area contributed by atoms with Gasteiger partial charge in [0.1, 0.15) is 11.5 Å². The van der Waals surface area contributed by atoms with E-state index < -0.39 is 0 Å². The highest BCUT2D eigenvalue weighted by atomic mass is 16.5. The quantitative estimate of drug-likeness (QED) is 0.829. The molecule has 2 aromatic carbocycles. The molecule has 3 rings (SSSR count). The lowest BCUT2D eigenvalue weighted by Crippen LogP contribution is -2.39. The molecule has 2 amide bonds. The summed E-state index contributed by atoms with van der Waals surface area (Å²) in [4.78, 5) is 26.0. The molecule has 0 bridgehead atoms. The number of ether oxygens (including phenoxy) is 2. The molecule has 0 aromatic heterocycles. The predicted octanol–water partition coefficient (Wildman–Crippen LogP) is 2.39. The molecule has 0 aliphatic carbocycles. The summed E-state index contributed by atoms with van der Waals surface area (Å²) in [6.45, 7) is 2.89. The molecule has 136 valence electrons. The second-order valence-electron chi connectivity index (χ2n) is 6.00. The Labute approximate surface area is 152 Å². The zero-order chi connectivity index (χ0) is 18.4. The smallest absolute Gasteiger partial charge is 0.258 e. The van der Waals surface area contributed by atoms with E-state index in [1.807, 2.05) is 37.3 Å². The molecule has 1 atom stereocenters. The highest BCUT2D eigenvalue weighted by Gasteiger charge is 2.31. The first-order valence-corrected chi connectivity index (χ1v) is 8.66. The number of rotatable bonds is 7. The van der Waals surface area contributed by atoms with Gasteiger partial charge in [-0.1, -0.05) is 18.2 Å². The minimum atomic E-state index is -0.244. The van der Waals surface area contributed by atoms with Gasteiger partial charge in [-0.3, -0.25) is 9.59 Å². The fourth-order valence-corrected chi connectivity index (χ4v) is 2.88. The third-order valence-electron chi connectivity index (χ3n) is 4.06. The van der Waals surface area contributed by atoms with Crippen molar-refractivity contribution in [2.75, 3.05) is 24.7 Å². The third-order valence-corrected chi connectivity index (χ3v) is 4.06. The Hall–Kier alpha value is -3.02. The Kier molecular flexibility index (Phi) is 5.73. The summed E-state index contributed by atoms with van der Waals surface area (Å²) in [5, 5.41) is 2.86. The molecule has 1 N–H and O–H groups in total. The van der Waals surface area contributed by atoms with E-state index in [9.17, 15) is 9.59 Å². The molecule has 0 saturated carbocycles. The number of carbonyl (C=O) groups excluding carboxylic acids is 2. The standard InChI is InChI=1S/C20H22N2O4/c1-2-25-17-8-10-18(11-9-17)26-14-19(23)21-15-12-20(24)22(13-15)16-6-4-3-5-7-16/h3-11,15H,2,12-14H2,1H3,(H,21,23)/t15-/m0/s1. The highest BCUT2D eigenvalue weighted by Crippen LogP contribution is 2.21. The molecule has 1 aliphatic heterocycles. The van der Waals surface area contributed by atoms with Gasteiger partial charge in [0.15, 0.2) is 6.61 Å². The number of benzene rings is 2. The van der Waals surface area contributed by atoms with Gasteiger partial charge in [-0.05, 0) is 43.3 Å². The number of nitrogens with one attached hydrogen (secondary N) is 1. The molecule has 2 aromatic rings. The van der Waals surface area contributed by atoms with Crippen molar-refractivity contribution in [3.63, 3.8) is 0 Å². The fourth-order valence-electron chi connectivity index (χ4n) is 2.88. The number of para-hydroxylation sites is 1. The van der Waals surface area contributed by atoms with Crippen LogP contribution < -0.4 is 19.7 Å². The zero-order valence-electron chi connectivity index (χ0n) is 14.7. The van der Waals surface area contributed by atoms with Crippen molar-refractivity contribution in [2.45, 2.75) is 19.4 Å². The highest BCUT2D eigenvalue weighted by molar-refractivity contribution is 5.96. The molecule has 26 heavy (non-hydrogen) atoms. The summed E-state index contributed by atoms with van der Waals surface area (Å²) in [7, 11) is 0. The Morgan fingerprint density at radius 1 is 1.08 bits per heavy atom. The minimum Gasteiger partial charge on any atom is -0.494 e. The maximum atomic E-state index is 12.2. The van der Waals surface area contributed by atoms with E-state index in [4.69, 9.17) is 9.47 Å². The molecule has 1 fully saturated rings. The molecule has 0 spiro atoms. The van der Waals surface area contributed by atoms with Crippen LogP contribution in [0.25, 0.3) is 0 Å². The topological polar surface area (TPSA) is 67.9 Å². The molecule has 0 unspecified atom stereocenters. The van der Waals surface area contributed by atoms with Crippen molar-refractivity contribution in [2.24, 2.45) is 0 Å². The maximum Gasteiger partial charge on any atom is 0.258 e. The number of amides is 2. The number of hydrogen-bond acceptors (Lipinski definition) is 4. The maximum absolute atomic E-state index is 12.2. The minimum absolute atomic E-state index is 0.00827. The monoisotopic (exact) mass is 354 g/mol. The Balaban J connectivity index is 1.47. The van der Waals surface area contributed by atoms with Crippen molar-refractivity contribution in [1.82, 2.24) is 5.32 Å². The van der Waals surface area contributed by atoms with Gasteiger partial charge in [0.05, 0.1) is 12.6 Å². The van der Waals surface area contributed by atoms with E-state index in [0.29, 0.717) is 25.3 Å². The van der Waals surface area contributed by atoms with Crippen LogP contribution in [0.5, 0.6) is 11.5 Å². The summed E-state index contributed by atoms with van der Waals surface area (Å²) in [5.41, 5.74) is 0.847. The lowest BCUT2D eigenvalue weighted by molar-refractivity contribution is -0.123. The number of carbonyl (C=O) groups is 2. The van der Waals surface area contributed by atoms with Crippen molar-refractivity contribution in [1.29, 1.82) is 0 Å². The van der Waals surface area contributed by atoms with E-state index in [0.717, 1.165) is 11.4 Å². The molecule has 1 heterocycles. The van der Waals surface area contributed by atoms with E-state index in [2.05, 4.69) is 5.32 Å². The molecule has 6 nitrogen and oxygen atoms in total. The fraction of sp³-hybridized carbons (Fsp3) is 0.300. The van der Waals surface area contributed by atoms with E-state index in [1.54, 1.807) is 29.2 Å². The molecule has 0 radical (unpaired) electrons. The number of anilines is 1. The molecule has 6 heteroatoms. The van der Waals surface area contributed by atoms with E-state index in [-0.39, 0.29) is 24.5 Å². The first-order chi connectivity index (χ1) is 12.7. The summed E-state index contributed by atoms with van der Waals surface area (Å²) in [5.74, 6) is 1.12. The van der Waals surface area contributed by atoms with Crippen LogP contribution in [0.3, 0.4) is 0 Å². The molecule has 1 saturated heterocycles. The van der Waals surface area contributed by atoms with Gasteiger partial charge in [0, 0.05) is 18.7 Å². The first-order valence-electron chi connectivity index (χ1n) is 8.66. The van der Waals surface area contributed by atoms with E-state index in [1.165, 1.54) is 0 Å². The normalized spacial score (nSPS) is 16.4. The molecular weight excluding hydrogens is 332 g/mol. The van der Waals surface area contributed by atoms with Crippen molar-refractivity contribution in [3.8, 4) is 11.5 Å². The number of hydrogen-bond donors (Lipinski definition) is 1. The van der Waals surface area contributed by atoms with Gasteiger partial charge >= 0.3 is 0 Å². The lowest BCUT2D eigenvalue weighted by Gasteiger charge is -2.17. The SMILES string of the molecule is CCOc1ccc(OCC(=O)N[C@H]2CC(=O)N(c3ccccc3)C2)cc1. The summed E-state index contributed by atoms with van der Waals surface area (Å²) < 4.78 is 10.8. The van der Waals surface area contributed by atoms with Crippen LogP contribution in [-0.2, 0) is 9.59 Å². The molecular formula is C20H22N2O4. The average Bonchev–Trinajstić information content (AvgIpc) is 3.02. The summed E-state index contributed by atoms with van der Waals surface area (Å²) in [6.07, 6.45) is 0.295. The zero-order valence-corrected chi connectivity index (χ0v) is 14.7. The number of nitrogens with zero attached hydrogens (tertiary/aromatic N) is 1. The van der Waals surface area contributed by atoms with Crippen LogP contribution in [0.15, 0.2) is 54.6 Å².